The standard InChI is InChI=1S/C28H46N4O4S.C2H2O4/c1-4-30(5-2)20-21-31(28(34)23-16-18-24(19-17-23)29-37(3,35)36)22-27(33)32(25-12-8-6-9-13-25)26-14-10-7-11-15-26;3-1(4)2(5)6/h16-19,25-26,29H,4-15,20-22H2,1-3H3;(H,3,4)(H,5,6). The summed E-state index contributed by atoms with van der Waals surface area (Å²) in [5.41, 5.74) is 0.860. The van der Waals surface area contributed by atoms with Crippen molar-refractivity contribution in [2.75, 3.05) is 43.7 Å². The average Bonchev–Trinajstić information content (AvgIpc) is 2.98. The van der Waals surface area contributed by atoms with Gasteiger partial charge in [0.1, 0.15) is 6.54 Å². The molecule has 1 aromatic carbocycles. The fourth-order valence-electron chi connectivity index (χ4n) is 5.80. The highest BCUT2D eigenvalue weighted by molar-refractivity contribution is 7.92. The van der Waals surface area contributed by atoms with Crippen LogP contribution in [-0.2, 0) is 24.4 Å². The Morgan fingerprint density at radius 1 is 0.791 bits per heavy atom. The van der Waals surface area contributed by atoms with Crippen molar-refractivity contribution in [2.24, 2.45) is 0 Å². The molecular weight excluding hydrogens is 576 g/mol. The Balaban J connectivity index is 0.000000973. The maximum absolute atomic E-state index is 13.9. The number of carbonyl (C=O) groups excluding carboxylic acids is 2. The van der Waals surface area contributed by atoms with E-state index in [-0.39, 0.29) is 30.4 Å². The van der Waals surface area contributed by atoms with E-state index in [1.807, 2.05) is 0 Å². The molecule has 3 rings (SSSR count). The summed E-state index contributed by atoms with van der Waals surface area (Å²) in [5.74, 6) is -3.77. The van der Waals surface area contributed by atoms with Gasteiger partial charge in [0.05, 0.1) is 6.26 Å². The van der Waals surface area contributed by atoms with Gasteiger partial charge in [0, 0.05) is 36.4 Å². The van der Waals surface area contributed by atoms with Crippen LogP contribution in [0.4, 0.5) is 5.69 Å². The highest BCUT2D eigenvalue weighted by atomic mass is 32.2. The van der Waals surface area contributed by atoms with Gasteiger partial charge in [0.15, 0.2) is 0 Å². The van der Waals surface area contributed by atoms with E-state index in [1.165, 1.54) is 38.5 Å². The molecule has 2 saturated carbocycles. The molecule has 0 bridgehead atoms. The number of carboxylic acid groups (broad SMARTS) is 2. The summed E-state index contributed by atoms with van der Waals surface area (Å²) in [6.45, 7) is 7.22. The second kappa shape index (κ2) is 17.8. The third-order valence-corrected chi connectivity index (χ3v) is 8.64. The fraction of sp³-hybridized carbons (Fsp3) is 0.667. The molecule has 242 valence electrons. The quantitative estimate of drug-likeness (QED) is 0.295. The molecule has 0 atom stereocenters. The Kier molecular flexibility index (Phi) is 14.9. The van der Waals surface area contributed by atoms with Crippen molar-refractivity contribution in [3.05, 3.63) is 29.8 Å². The number of benzene rings is 1. The number of sulfonamides is 1. The van der Waals surface area contributed by atoms with Crippen LogP contribution in [0.3, 0.4) is 0 Å². The Morgan fingerprint density at radius 2 is 1.26 bits per heavy atom. The second-order valence-corrected chi connectivity index (χ2v) is 12.9. The lowest BCUT2D eigenvalue weighted by molar-refractivity contribution is -0.159. The van der Waals surface area contributed by atoms with Crippen LogP contribution in [0.5, 0.6) is 0 Å². The minimum absolute atomic E-state index is 0.0714. The molecule has 0 heterocycles. The molecule has 0 aromatic heterocycles. The number of nitrogens with one attached hydrogen (secondary N) is 1. The Hall–Kier alpha value is -3.19. The summed E-state index contributed by atoms with van der Waals surface area (Å²) in [6, 6.07) is 7.01. The molecule has 2 aliphatic rings. The van der Waals surface area contributed by atoms with Crippen molar-refractivity contribution in [3.63, 3.8) is 0 Å². The molecular formula is C30H48N4O8S. The van der Waals surface area contributed by atoms with Gasteiger partial charge >= 0.3 is 11.9 Å². The van der Waals surface area contributed by atoms with Gasteiger partial charge in [-0.15, -0.1) is 0 Å². The van der Waals surface area contributed by atoms with E-state index >= 15 is 0 Å². The molecule has 2 aliphatic carbocycles. The van der Waals surface area contributed by atoms with Crippen LogP contribution in [0, 0.1) is 0 Å². The first-order valence-corrected chi connectivity index (χ1v) is 17.1. The normalized spacial score (nSPS) is 16.1. The Morgan fingerprint density at radius 3 is 1.65 bits per heavy atom. The van der Waals surface area contributed by atoms with Crippen LogP contribution >= 0.6 is 0 Å². The number of amides is 2. The lowest BCUT2D eigenvalue weighted by Gasteiger charge is -2.42. The van der Waals surface area contributed by atoms with E-state index in [1.54, 1.807) is 29.2 Å². The van der Waals surface area contributed by atoms with E-state index in [9.17, 15) is 18.0 Å². The number of hydrogen-bond donors (Lipinski definition) is 3. The molecule has 43 heavy (non-hydrogen) atoms. The zero-order valence-corrected chi connectivity index (χ0v) is 26.5. The molecule has 1 aromatic rings. The van der Waals surface area contributed by atoms with Crippen molar-refractivity contribution in [2.45, 2.75) is 90.1 Å². The van der Waals surface area contributed by atoms with Gasteiger partial charge in [-0.05, 0) is 63.0 Å². The topological polar surface area (TPSA) is 165 Å². The van der Waals surface area contributed by atoms with E-state index < -0.39 is 22.0 Å². The van der Waals surface area contributed by atoms with Crippen LogP contribution in [0.1, 0.15) is 88.4 Å². The maximum atomic E-state index is 13.9. The number of carbonyl (C=O) groups is 4. The number of anilines is 1. The van der Waals surface area contributed by atoms with Crippen molar-refractivity contribution in [1.29, 1.82) is 0 Å². The smallest absolute Gasteiger partial charge is 0.414 e. The molecule has 2 fully saturated rings. The fourth-order valence-corrected chi connectivity index (χ4v) is 6.36. The molecule has 0 spiro atoms. The lowest BCUT2D eigenvalue weighted by atomic mass is 9.88. The third-order valence-electron chi connectivity index (χ3n) is 8.04. The third kappa shape index (κ3) is 12.5. The number of likely N-dealkylation sites (N-methyl/N-ethyl adjacent to an activating group) is 1. The summed E-state index contributed by atoms with van der Waals surface area (Å²) in [6.07, 6.45) is 12.5. The molecule has 0 unspecified atom stereocenters. The van der Waals surface area contributed by atoms with Crippen LogP contribution in [0.2, 0.25) is 0 Å². The maximum Gasteiger partial charge on any atom is 0.414 e. The van der Waals surface area contributed by atoms with Gasteiger partial charge in [-0.3, -0.25) is 14.3 Å². The predicted molar refractivity (Wildman–Crippen MR) is 164 cm³/mol. The monoisotopic (exact) mass is 624 g/mol. The van der Waals surface area contributed by atoms with Crippen LogP contribution < -0.4 is 4.72 Å². The molecule has 2 amide bonds. The summed E-state index contributed by atoms with van der Waals surface area (Å²) in [4.78, 5) is 51.9. The van der Waals surface area contributed by atoms with E-state index in [4.69, 9.17) is 19.8 Å². The average molecular weight is 625 g/mol. The van der Waals surface area contributed by atoms with E-state index in [0.29, 0.717) is 24.3 Å². The van der Waals surface area contributed by atoms with E-state index in [0.717, 1.165) is 45.0 Å². The van der Waals surface area contributed by atoms with Crippen LogP contribution in [-0.4, -0.2) is 108 Å². The van der Waals surface area contributed by atoms with Gasteiger partial charge in [-0.25, -0.2) is 18.0 Å². The predicted octanol–water partition coefficient (Wildman–Crippen LogP) is 3.49. The van der Waals surface area contributed by atoms with Crippen molar-refractivity contribution in [1.82, 2.24) is 14.7 Å². The Bertz CT molecular complexity index is 1130. The first-order valence-electron chi connectivity index (χ1n) is 15.2. The highest BCUT2D eigenvalue weighted by Crippen LogP contribution is 2.30. The first-order chi connectivity index (χ1) is 20.4. The molecule has 3 N–H and O–H groups in total. The summed E-state index contributed by atoms with van der Waals surface area (Å²) in [5, 5.41) is 14.8. The minimum atomic E-state index is -3.40. The molecule has 12 nitrogen and oxygen atoms in total. The first kappa shape index (κ1) is 36.0. The molecule has 0 saturated heterocycles. The summed E-state index contributed by atoms with van der Waals surface area (Å²) < 4.78 is 25.5. The number of rotatable bonds is 12. The molecule has 0 radical (unpaired) electrons. The largest absolute Gasteiger partial charge is 0.473 e. The van der Waals surface area contributed by atoms with Crippen LogP contribution in [0.15, 0.2) is 24.3 Å². The molecule has 13 heteroatoms. The SMILES string of the molecule is CCN(CC)CCN(CC(=O)N(C1CCCCC1)C1CCCCC1)C(=O)c1ccc(NS(C)(=O)=O)cc1.O=C(O)C(=O)O. The number of nitrogens with zero attached hydrogens (tertiary/aromatic N) is 3. The van der Waals surface area contributed by atoms with Gasteiger partial charge < -0.3 is 24.9 Å². The van der Waals surface area contributed by atoms with Crippen molar-refractivity contribution in [3.8, 4) is 0 Å². The van der Waals surface area contributed by atoms with Crippen LogP contribution in [0.25, 0.3) is 0 Å². The van der Waals surface area contributed by atoms with Gasteiger partial charge in [0.2, 0.25) is 15.9 Å². The van der Waals surface area contributed by atoms with Crippen molar-refractivity contribution >= 4 is 39.5 Å². The molecule has 0 aliphatic heterocycles. The highest BCUT2D eigenvalue weighted by Gasteiger charge is 2.34. The number of hydrogen-bond acceptors (Lipinski definition) is 7. The number of carboxylic acids is 2. The van der Waals surface area contributed by atoms with Gasteiger partial charge in [-0.1, -0.05) is 52.4 Å². The Labute approximate surface area is 255 Å². The number of aliphatic carboxylic acids is 2. The summed E-state index contributed by atoms with van der Waals surface area (Å²) in [7, 11) is -3.40. The van der Waals surface area contributed by atoms with Crippen molar-refractivity contribution < 1.29 is 37.8 Å². The summed E-state index contributed by atoms with van der Waals surface area (Å²) >= 11 is 0. The minimum Gasteiger partial charge on any atom is -0.473 e. The zero-order valence-electron chi connectivity index (χ0n) is 25.7. The van der Waals surface area contributed by atoms with Gasteiger partial charge in [0.25, 0.3) is 5.91 Å². The lowest BCUT2D eigenvalue weighted by Crippen LogP contribution is -2.53. The van der Waals surface area contributed by atoms with E-state index in [2.05, 4.69) is 28.4 Å². The zero-order chi connectivity index (χ0) is 32.0. The van der Waals surface area contributed by atoms with Gasteiger partial charge in [-0.2, -0.15) is 0 Å². The second-order valence-electron chi connectivity index (χ2n) is 11.2.